The fourth-order valence-electron chi connectivity index (χ4n) is 2.05. The molecule has 0 unspecified atom stereocenters. The number of carbonyl (C=O) groups excluding carboxylic acids is 1. The molecule has 1 aliphatic rings. The zero-order valence-corrected chi connectivity index (χ0v) is 11.9. The molecule has 0 aliphatic heterocycles. The van der Waals surface area contributed by atoms with Crippen LogP contribution in [0.15, 0.2) is 12.5 Å². The molecule has 1 aromatic rings. The zero-order valence-electron chi connectivity index (χ0n) is 11.9. The Kier molecular flexibility index (Phi) is 4.96. The van der Waals surface area contributed by atoms with Crippen LogP contribution >= 0.6 is 0 Å². The van der Waals surface area contributed by atoms with E-state index in [0.717, 1.165) is 32.4 Å². The van der Waals surface area contributed by atoms with E-state index in [2.05, 4.69) is 34.0 Å². The van der Waals surface area contributed by atoms with Crippen LogP contribution in [0.1, 0.15) is 51.3 Å². The van der Waals surface area contributed by atoms with E-state index >= 15 is 0 Å². The van der Waals surface area contributed by atoms with E-state index in [-0.39, 0.29) is 5.91 Å². The van der Waals surface area contributed by atoms with Crippen molar-refractivity contribution in [3.63, 3.8) is 0 Å². The van der Waals surface area contributed by atoms with E-state index in [1.807, 2.05) is 12.5 Å². The molecular weight excluding hydrogens is 240 g/mol. The Balaban J connectivity index is 1.58. The number of rotatable bonds is 8. The number of amides is 1. The molecule has 0 aromatic carbocycles. The molecule has 5 nitrogen and oxygen atoms in total. The number of aromatic nitrogens is 2. The van der Waals surface area contributed by atoms with E-state index in [1.54, 1.807) is 0 Å². The van der Waals surface area contributed by atoms with Crippen LogP contribution in [0.3, 0.4) is 0 Å². The van der Waals surface area contributed by atoms with E-state index in [1.165, 1.54) is 5.69 Å². The summed E-state index contributed by atoms with van der Waals surface area (Å²) in [4.78, 5) is 15.6. The van der Waals surface area contributed by atoms with Gasteiger partial charge >= 0.3 is 0 Å². The van der Waals surface area contributed by atoms with Crippen molar-refractivity contribution in [1.82, 2.24) is 20.2 Å². The van der Waals surface area contributed by atoms with Crippen LogP contribution < -0.4 is 10.6 Å². The molecular formula is C14H24N4O. The average Bonchev–Trinajstić information content (AvgIpc) is 3.04. The monoisotopic (exact) mass is 264 g/mol. The Hall–Kier alpha value is -1.36. The zero-order chi connectivity index (χ0) is 13.7. The van der Waals surface area contributed by atoms with Gasteiger partial charge in [0, 0.05) is 31.2 Å². The van der Waals surface area contributed by atoms with Crippen molar-refractivity contribution >= 4 is 5.91 Å². The highest BCUT2D eigenvalue weighted by Gasteiger charge is 2.22. The van der Waals surface area contributed by atoms with Gasteiger partial charge in [-0.15, -0.1) is 0 Å². The molecule has 0 saturated heterocycles. The van der Waals surface area contributed by atoms with Crippen molar-refractivity contribution in [1.29, 1.82) is 0 Å². The first-order chi connectivity index (χ1) is 9.16. The number of hydrogen-bond acceptors (Lipinski definition) is 3. The highest BCUT2D eigenvalue weighted by molar-refractivity contribution is 5.76. The third-order valence-electron chi connectivity index (χ3n) is 3.31. The van der Waals surface area contributed by atoms with E-state index in [9.17, 15) is 4.79 Å². The second-order valence-corrected chi connectivity index (χ2v) is 5.51. The molecule has 0 spiro atoms. The number of nitrogens with zero attached hydrogens (tertiary/aromatic N) is 2. The Morgan fingerprint density at radius 2 is 2.32 bits per heavy atom. The third kappa shape index (κ3) is 4.67. The average molecular weight is 264 g/mol. The SMILES string of the molecule is CC(C)n1cncc1CNCCCC(=O)NC1CC1. The first kappa shape index (κ1) is 14.1. The third-order valence-corrected chi connectivity index (χ3v) is 3.31. The summed E-state index contributed by atoms with van der Waals surface area (Å²) in [5.41, 5.74) is 1.19. The Labute approximate surface area is 114 Å². The maximum Gasteiger partial charge on any atom is 0.220 e. The maximum atomic E-state index is 11.5. The molecule has 1 fully saturated rings. The Morgan fingerprint density at radius 3 is 3.00 bits per heavy atom. The maximum absolute atomic E-state index is 11.5. The molecule has 5 heteroatoms. The van der Waals surface area contributed by atoms with Gasteiger partial charge in [0.15, 0.2) is 0 Å². The molecule has 1 heterocycles. The summed E-state index contributed by atoms with van der Waals surface area (Å²) in [7, 11) is 0. The lowest BCUT2D eigenvalue weighted by molar-refractivity contribution is -0.121. The van der Waals surface area contributed by atoms with Crippen LogP contribution in [0.25, 0.3) is 0 Å². The summed E-state index contributed by atoms with van der Waals surface area (Å²) in [6.45, 7) is 5.96. The molecule has 0 radical (unpaired) electrons. The van der Waals surface area contributed by atoms with Crippen LogP contribution in [0.2, 0.25) is 0 Å². The van der Waals surface area contributed by atoms with Gasteiger partial charge in [-0.05, 0) is 39.7 Å². The Morgan fingerprint density at radius 1 is 1.53 bits per heavy atom. The second kappa shape index (κ2) is 6.70. The predicted molar refractivity (Wildman–Crippen MR) is 74.7 cm³/mol. The molecule has 1 amide bonds. The first-order valence-corrected chi connectivity index (χ1v) is 7.17. The summed E-state index contributed by atoms with van der Waals surface area (Å²) in [6, 6.07) is 0.907. The van der Waals surface area contributed by atoms with Gasteiger partial charge in [-0.25, -0.2) is 4.98 Å². The highest BCUT2D eigenvalue weighted by atomic mass is 16.1. The van der Waals surface area contributed by atoms with Gasteiger partial charge in [0.1, 0.15) is 0 Å². The minimum absolute atomic E-state index is 0.191. The first-order valence-electron chi connectivity index (χ1n) is 7.17. The largest absolute Gasteiger partial charge is 0.353 e. The van der Waals surface area contributed by atoms with Crippen LogP contribution in [-0.4, -0.2) is 28.0 Å². The van der Waals surface area contributed by atoms with Crippen molar-refractivity contribution in [2.45, 2.75) is 58.2 Å². The lowest BCUT2D eigenvalue weighted by Gasteiger charge is -2.12. The van der Waals surface area contributed by atoms with Crippen LogP contribution in [0.4, 0.5) is 0 Å². The van der Waals surface area contributed by atoms with Gasteiger partial charge in [0.25, 0.3) is 0 Å². The standard InChI is InChI=1S/C14H24N4O/c1-11(2)18-10-16-9-13(18)8-15-7-3-4-14(19)17-12-5-6-12/h9-12,15H,3-8H2,1-2H3,(H,17,19). The summed E-state index contributed by atoms with van der Waals surface area (Å²) >= 11 is 0. The normalized spacial score (nSPS) is 14.9. The van der Waals surface area contributed by atoms with Crippen LogP contribution in [0, 0.1) is 0 Å². The van der Waals surface area contributed by atoms with Crippen molar-refractivity contribution in [2.24, 2.45) is 0 Å². The molecule has 19 heavy (non-hydrogen) atoms. The number of nitrogens with one attached hydrogen (secondary N) is 2. The minimum Gasteiger partial charge on any atom is -0.353 e. The fourth-order valence-corrected chi connectivity index (χ4v) is 2.05. The van der Waals surface area contributed by atoms with Crippen LogP contribution in [0.5, 0.6) is 0 Å². The van der Waals surface area contributed by atoms with E-state index in [4.69, 9.17) is 0 Å². The molecule has 106 valence electrons. The molecule has 0 atom stereocenters. The van der Waals surface area contributed by atoms with E-state index < -0.39 is 0 Å². The molecule has 1 aliphatic carbocycles. The summed E-state index contributed by atoms with van der Waals surface area (Å²) in [5.74, 6) is 0.191. The number of imidazole rings is 1. The second-order valence-electron chi connectivity index (χ2n) is 5.51. The lowest BCUT2D eigenvalue weighted by atomic mass is 10.3. The molecule has 2 N–H and O–H groups in total. The Bertz CT molecular complexity index is 409. The molecule has 1 saturated carbocycles. The smallest absolute Gasteiger partial charge is 0.220 e. The fraction of sp³-hybridized carbons (Fsp3) is 0.714. The van der Waals surface area contributed by atoms with Gasteiger partial charge in [-0.3, -0.25) is 4.79 Å². The van der Waals surface area contributed by atoms with Crippen molar-refractivity contribution < 1.29 is 4.79 Å². The highest BCUT2D eigenvalue weighted by Crippen LogP contribution is 2.18. The predicted octanol–water partition coefficient (Wildman–Crippen LogP) is 1.61. The number of hydrogen-bond donors (Lipinski definition) is 2. The minimum atomic E-state index is 0.191. The summed E-state index contributed by atoms with van der Waals surface area (Å²) < 4.78 is 2.16. The van der Waals surface area contributed by atoms with Gasteiger partial charge in [0.05, 0.1) is 12.0 Å². The topological polar surface area (TPSA) is 59.0 Å². The summed E-state index contributed by atoms with van der Waals surface area (Å²) in [5, 5.41) is 6.37. The van der Waals surface area contributed by atoms with Gasteiger partial charge in [-0.1, -0.05) is 0 Å². The summed E-state index contributed by atoms with van der Waals surface area (Å²) in [6.07, 6.45) is 7.57. The van der Waals surface area contributed by atoms with Crippen molar-refractivity contribution in [3.05, 3.63) is 18.2 Å². The van der Waals surface area contributed by atoms with Crippen molar-refractivity contribution in [2.75, 3.05) is 6.54 Å². The molecule has 1 aromatic heterocycles. The molecule has 2 rings (SSSR count). The van der Waals surface area contributed by atoms with Crippen molar-refractivity contribution in [3.8, 4) is 0 Å². The number of carbonyl (C=O) groups is 1. The van der Waals surface area contributed by atoms with Gasteiger partial charge in [-0.2, -0.15) is 0 Å². The quantitative estimate of drug-likeness (QED) is 0.701. The molecule has 0 bridgehead atoms. The lowest BCUT2D eigenvalue weighted by Crippen LogP contribution is -2.26. The van der Waals surface area contributed by atoms with Gasteiger partial charge in [0.2, 0.25) is 5.91 Å². The van der Waals surface area contributed by atoms with Gasteiger partial charge < -0.3 is 15.2 Å². The van der Waals surface area contributed by atoms with E-state index in [0.29, 0.717) is 18.5 Å². The van der Waals surface area contributed by atoms with Crippen LogP contribution in [-0.2, 0) is 11.3 Å².